The Hall–Kier alpha value is -6.47. The molecule has 91 heavy (non-hydrogen) atoms. The number of cyclic esters (lactones) is 1. The molecule has 11 rings (SSSR count). The zero-order chi connectivity index (χ0) is 65.1. The van der Waals surface area contributed by atoms with Crippen LogP contribution in [0.4, 0.5) is 17.6 Å². The third kappa shape index (κ3) is 15.1. The van der Waals surface area contributed by atoms with Gasteiger partial charge in [-0.05, 0) is 13.0 Å². The van der Waals surface area contributed by atoms with Gasteiger partial charge in [0.1, 0.15) is 85.3 Å². The number of nitrogens with one attached hydrogen (secondary N) is 2. The Morgan fingerprint density at radius 3 is 1.66 bits per heavy atom. The van der Waals surface area contributed by atoms with Crippen molar-refractivity contribution in [3.05, 3.63) is 84.7 Å². The van der Waals surface area contributed by atoms with Crippen molar-refractivity contribution in [1.29, 1.82) is 0 Å². The van der Waals surface area contributed by atoms with Crippen molar-refractivity contribution in [1.82, 2.24) is 58.1 Å². The van der Waals surface area contributed by atoms with Gasteiger partial charge in [0.15, 0.2) is 28.7 Å². The van der Waals surface area contributed by atoms with E-state index in [0.29, 0.717) is 0 Å². The number of aromatic amines is 2. The third-order valence-electron chi connectivity index (χ3n) is 14.7. The van der Waals surface area contributed by atoms with Crippen molar-refractivity contribution < 1.29 is 113 Å². The Balaban J connectivity index is 0.708. The van der Waals surface area contributed by atoms with Crippen LogP contribution >= 0.6 is 31.3 Å². The number of ether oxygens (including phenoxy) is 5. The van der Waals surface area contributed by atoms with Crippen LogP contribution in [0.15, 0.2) is 56.6 Å². The molecule has 18 atom stereocenters. The maximum atomic E-state index is 13.6. The molecule has 6 aromatic heterocycles. The number of fused-ring (bicyclic) bond motifs is 2. The van der Waals surface area contributed by atoms with E-state index in [0.717, 1.165) is 21.7 Å². The molecule has 0 bridgehead atoms. The average molecular weight is 1370 g/mol. The molecule has 0 aromatic carbocycles. The largest absolute Gasteiger partial charge is 0.472 e. The number of carbonyl (C=O) groups is 1. The highest BCUT2D eigenvalue weighted by Crippen LogP contribution is 2.54. The van der Waals surface area contributed by atoms with E-state index in [9.17, 15) is 72.0 Å². The van der Waals surface area contributed by atoms with E-state index in [1.807, 2.05) is 0 Å². The predicted molar refractivity (Wildman–Crippen MR) is 296 cm³/mol. The van der Waals surface area contributed by atoms with Crippen molar-refractivity contribution in [2.45, 2.75) is 125 Å². The number of rotatable bonds is 25. The highest BCUT2D eigenvalue weighted by molar-refractivity contribution is 7.48. The lowest BCUT2D eigenvalue weighted by Gasteiger charge is -2.25. The summed E-state index contributed by atoms with van der Waals surface area (Å²) in [6.07, 6.45) is -15.4. The molecule has 6 aromatic rings. The van der Waals surface area contributed by atoms with E-state index in [1.54, 1.807) is 0 Å². The van der Waals surface area contributed by atoms with E-state index in [1.165, 1.54) is 41.0 Å². The van der Waals surface area contributed by atoms with Gasteiger partial charge < -0.3 is 70.7 Å². The number of nitrogen functional groups attached to an aromatic ring is 3. The molecule has 0 spiro atoms. The second-order valence-corrected chi connectivity index (χ2v) is 26.7. The van der Waals surface area contributed by atoms with Gasteiger partial charge in [-0.1, -0.05) is 0 Å². The van der Waals surface area contributed by atoms with Crippen molar-refractivity contribution in [2.24, 2.45) is 0 Å². The summed E-state index contributed by atoms with van der Waals surface area (Å²) < 4.78 is 130. The number of aryl methyl sites for hydroxylation is 1. The smallest absolute Gasteiger partial charge is 0.457 e. The number of hydrogen-bond donors (Lipinski definition) is 11. The van der Waals surface area contributed by atoms with Crippen LogP contribution in [0.2, 0.25) is 0 Å². The number of nitrogens with two attached hydrogens (primary N) is 3. The Morgan fingerprint density at radius 1 is 0.571 bits per heavy atom. The van der Waals surface area contributed by atoms with Crippen LogP contribution in [0.5, 0.6) is 0 Å². The molecule has 5 saturated heterocycles. The fourth-order valence-electron chi connectivity index (χ4n) is 10.3. The van der Waals surface area contributed by atoms with Crippen molar-refractivity contribution in [3.63, 3.8) is 0 Å². The summed E-state index contributed by atoms with van der Waals surface area (Å²) in [5, 5.41) is 21.5. The second-order valence-electron chi connectivity index (χ2n) is 21.0. The normalized spacial score (nSPS) is 30.4. The monoisotopic (exact) mass is 1370 g/mol. The van der Waals surface area contributed by atoms with E-state index in [4.69, 9.17) is 77.1 Å². The number of esters is 1. The van der Waals surface area contributed by atoms with Gasteiger partial charge in [-0.3, -0.25) is 78.8 Å². The van der Waals surface area contributed by atoms with Gasteiger partial charge in [0.2, 0.25) is 5.95 Å². The summed E-state index contributed by atoms with van der Waals surface area (Å²) in [4.78, 5) is 135. The topological polar surface area (TPSA) is 602 Å². The number of aliphatic hydroxyl groups is 2. The summed E-state index contributed by atoms with van der Waals surface area (Å²) in [7, 11) is -21.2. The molecule has 496 valence electrons. The van der Waals surface area contributed by atoms with E-state index >= 15 is 0 Å². The summed E-state index contributed by atoms with van der Waals surface area (Å²) in [6.45, 7) is -3.20. The minimum atomic E-state index is -5.42. The first-order chi connectivity index (χ1) is 43.0. The number of aliphatic hydroxyl groups excluding tert-OH is 2. The molecular weight excluding hydrogens is 1310 g/mol. The summed E-state index contributed by atoms with van der Waals surface area (Å²) >= 11 is 0. The van der Waals surface area contributed by atoms with Gasteiger partial charge in [0, 0.05) is 43.6 Å². The maximum Gasteiger partial charge on any atom is 0.472 e. The predicted octanol–water partition coefficient (Wildman–Crippen LogP) is -2.35. The van der Waals surface area contributed by atoms with E-state index in [2.05, 4.69) is 39.9 Å². The molecule has 0 radical (unpaired) electrons. The zero-order valence-corrected chi connectivity index (χ0v) is 50.4. The molecule has 14 N–H and O–H groups in total. The van der Waals surface area contributed by atoms with Crippen molar-refractivity contribution in [2.75, 3.05) is 50.2 Å². The number of phosphoric acid groups is 4. The number of H-pyrrole nitrogens is 2. The Morgan fingerprint density at radius 2 is 1.07 bits per heavy atom. The molecule has 47 heteroatoms. The standard InChI is InChI=1S/C44H57N15O28P4/c1-18-9-57(44(66)55-40(18)63)32-6-21(85-89(69,70)78-11-25-20(61)5-31(81-25)59-17-51-36-39(59)53-42(47)54-41(36)64)27(82-32)13-79-91(73,74)87-23-8-34(62)84-28(23)14-76-88(67,68)75-12-26-22(7-33(83-26)58-16-50-35-37(46)48-15-49-38(35)58)86-90(71,72)77-10-24-19(60)4-30(80-24)56-3-2-29(45)52-43(56)65/h2-3,9,15-17,19-28,30-33,60-61H,4-8,10-14H2,1H3,(H,67,68)(H,69,70)(H,71,72)(H,73,74)(H2,45,52,65)(H2,46,48,49)(H,55,63,66)(H3,47,53,54,64)/t19-,20-,21-,22-,23-,24+,25+,26+,27+,28+,30+,31+,32+,33+/m0/s1. The van der Waals surface area contributed by atoms with Crippen LogP contribution < -0.4 is 39.7 Å². The lowest BCUT2D eigenvalue weighted by Crippen LogP contribution is -2.33. The van der Waals surface area contributed by atoms with Gasteiger partial charge >= 0.3 is 48.6 Å². The van der Waals surface area contributed by atoms with Gasteiger partial charge in [0.05, 0.1) is 64.3 Å². The highest BCUT2D eigenvalue weighted by atomic mass is 31.2. The first-order valence-electron chi connectivity index (χ1n) is 27.0. The Bertz CT molecular complexity index is 4170. The number of hydrogen-bond acceptors (Lipinski definition) is 33. The molecule has 11 heterocycles. The van der Waals surface area contributed by atoms with E-state index in [-0.39, 0.29) is 64.7 Å². The number of aromatic nitrogens is 12. The molecule has 5 aliphatic heterocycles. The first-order valence-corrected chi connectivity index (χ1v) is 33.0. The molecule has 43 nitrogen and oxygen atoms in total. The number of phosphoric ester groups is 4. The molecule has 4 unspecified atom stereocenters. The first kappa shape index (κ1) is 66.0. The lowest BCUT2D eigenvalue weighted by molar-refractivity contribution is -0.143. The molecule has 0 aliphatic carbocycles. The van der Waals surface area contributed by atoms with Crippen LogP contribution in [0.1, 0.15) is 62.6 Å². The van der Waals surface area contributed by atoms with Crippen LogP contribution in [0, 0.1) is 6.92 Å². The average Bonchev–Trinajstić information content (AvgIpc) is 1.71. The molecule has 5 fully saturated rings. The fourth-order valence-corrected chi connectivity index (χ4v) is 13.9. The second kappa shape index (κ2) is 26.1. The number of imidazole rings is 2. The summed E-state index contributed by atoms with van der Waals surface area (Å²) in [6, 6.07) is 1.32. The zero-order valence-electron chi connectivity index (χ0n) is 46.8. The summed E-state index contributed by atoms with van der Waals surface area (Å²) in [5.41, 5.74) is 14.3. The number of nitrogens with zero attached hydrogens (tertiary/aromatic N) is 10. The minimum Gasteiger partial charge on any atom is -0.457 e. The van der Waals surface area contributed by atoms with Crippen LogP contribution in [0.25, 0.3) is 22.3 Å². The SMILES string of the molecule is Cc1cn([C@H]2C[C@H](OP(=O)(O)OC[C@H]3O[C@@H](n4cnc5c(=O)[nH]c(N)nc54)C[C@@H]3O)[C@@H](COP(=O)(O)O[C@H]3CC(=O)O[C@@H]3COP(=O)(O)OC[C@H]3O[C@@H](n4cnc5c(N)ncnc54)C[C@@H]3OP(=O)(O)OC[C@H]3O[C@@H](n4ccc(N)nc4=O)C[C@@H]3O)O2)c(=O)[nH]c1=O. The van der Waals surface area contributed by atoms with Gasteiger partial charge in [-0.25, -0.2) is 47.8 Å². The number of anilines is 3. The quantitative estimate of drug-likeness (QED) is 0.0211. The Labute approximate surface area is 506 Å². The third-order valence-corrected chi connectivity index (χ3v) is 18.7. The molecule has 0 saturated carbocycles. The maximum absolute atomic E-state index is 13.6. The molecular formula is C44H57N15O28P4. The van der Waals surface area contributed by atoms with Crippen molar-refractivity contribution >= 4 is 77.2 Å². The lowest BCUT2D eigenvalue weighted by atomic mass is 10.2. The number of carbonyl (C=O) groups excluding carboxylic acids is 1. The van der Waals surface area contributed by atoms with Gasteiger partial charge in [-0.15, -0.1) is 0 Å². The van der Waals surface area contributed by atoms with Crippen molar-refractivity contribution in [3.8, 4) is 0 Å². The molecule has 5 aliphatic rings. The minimum absolute atomic E-state index is 0.0109. The summed E-state index contributed by atoms with van der Waals surface area (Å²) in [5.74, 6) is -1.36. The molecule has 0 amide bonds. The van der Waals surface area contributed by atoms with Crippen LogP contribution in [-0.2, 0) is 82.9 Å². The van der Waals surface area contributed by atoms with Crippen LogP contribution in [-0.4, -0.2) is 188 Å². The Kier molecular flexibility index (Phi) is 19.0. The van der Waals surface area contributed by atoms with Crippen LogP contribution in [0.3, 0.4) is 0 Å². The van der Waals surface area contributed by atoms with E-state index < -0.39 is 192 Å². The van der Waals surface area contributed by atoms with Gasteiger partial charge in [0.25, 0.3) is 11.1 Å². The van der Waals surface area contributed by atoms with Gasteiger partial charge in [-0.2, -0.15) is 9.97 Å². The highest BCUT2D eigenvalue weighted by Gasteiger charge is 2.49. The fraction of sp³-hybridized carbons (Fsp3) is 0.568.